The van der Waals surface area contributed by atoms with Crippen molar-refractivity contribution in [2.75, 3.05) is 17.2 Å². The summed E-state index contributed by atoms with van der Waals surface area (Å²) in [7, 11) is 0. The van der Waals surface area contributed by atoms with E-state index >= 15 is 0 Å². The van der Waals surface area contributed by atoms with Crippen molar-refractivity contribution in [2.45, 2.75) is 44.6 Å². The molecule has 1 aliphatic heterocycles. The lowest BCUT2D eigenvalue weighted by Crippen LogP contribution is -2.47. The molecule has 1 saturated carbocycles. The maximum atomic E-state index is 6.23. The largest absolute Gasteiger partial charge is 0.397 e. The Hall–Kier alpha value is -0.450. The normalized spacial score (nSPS) is 27.9. The van der Waals surface area contributed by atoms with Gasteiger partial charge in [0.05, 0.1) is 11.4 Å². The zero-order chi connectivity index (χ0) is 12.5. The van der Waals surface area contributed by atoms with Gasteiger partial charge in [-0.3, -0.25) is 0 Å². The van der Waals surface area contributed by atoms with Crippen molar-refractivity contribution in [1.82, 2.24) is 0 Å². The molecule has 1 aromatic rings. The fourth-order valence-corrected chi connectivity index (χ4v) is 4.23. The molecule has 2 N–H and O–H groups in total. The highest BCUT2D eigenvalue weighted by atomic mass is 127. The van der Waals surface area contributed by atoms with Crippen LogP contribution >= 0.6 is 22.6 Å². The fourth-order valence-electron chi connectivity index (χ4n) is 3.71. The van der Waals surface area contributed by atoms with E-state index < -0.39 is 0 Å². The van der Waals surface area contributed by atoms with Crippen molar-refractivity contribution in [3.05, 3.63) is 21.8 Å². The summed E-state index contributed by atoms with van der Waals surface area (Å²) in [4.78, 5) is 2.60. The summed E-state index contributed by atoms with van der Waals surface area (Å²) in [5.74, 6) is 0.908. The Bertz CT molecular complexity index is 431. The Labute approximate surface area is 123 Å². The highest BCUT2D eigenvalue weighted by Gasteiger charge is 2.33. The van der Waals surface area contributed by atoms with E-state index in [1.165, 1.54) is 54.3 Å². The van der Waals surface area contributed by atoms with E-state index in [1.807, 2.05) is 0 Å². The van der Waals surface area contributed by atoms with E-state index in [9.17, 15) is 0 Å². The maximum Gasteiger partial charge on any atom is 0.0603 e. The molecule has 0 spiro atoms. The first kappa shape index (κ1) is 12.6. The van der Waals surface area contributed by atoms with Gasteiger partial charge in [-0.15, -0.1) is 0 Å². The molecule has 18 heavy (non-hydrogen) atoms. The summed E-state index contributed by atoms with van der Waals surface area (Å²) in [6.45, 7) is 1.19. The van der Waals surface area contributed by atoms with Gasteiger partial charge in [0.1, 0.15) is 0 Å². The van der Waals surface area contributed by atoms with Crippen molar-refractivity contribution in [1.29, 1.82) is 0 Å². The van der Waals surface area contributed by atoms with Gasteiger partial charge in [0.25, 0.3) is 0 Å². The first-order valence-corrected chi connectivity index (χ1v) is 8.15. The summed E-state index contributed by atoms with van der Waals surface area (Å²) in [6, 6.07) is 7.24. The van der Waals surface area contributed by atoms with Crippen molar-refractivity contribution >= 4 is 34.0 Å². The molecule has 0 bridgehead atoms. The molecule has 2 aliphatic rings. The molecule has 0 amide bonds. The molecule has 3 heteroatoms. The molecule has 0 aromatic heterocycles. The topological polar surface area (TPSA) is 29.3 Å². The minimum absolute atomic E-state index is 0.745. The maximum absolute atomic E-state index is 6.23. The summed E-state index contributed by atoms with van der Waals surface area (Å²) in [5.41, 5.74) is 8.45. The third-order valence-electron chi connectivity index (χ3n) is 4.54. The van der Waals surface area contributed by atoms with Crippen LogP contribution < -0.4 is 10.6 Å². The van der Waals surface area contributed by atoms with Crippen LogP contribution in [0.5, 0.6) is 0 Å². The molecule has 2 nitrogen and oxygen atoms in total. The van der Waals surface area contributed by atoms with Crippen LogP contribution in [0, 0.1) is 9.49 Å². The zero-order valence-electron chi connectivity index (χ0n) is 10.7. The van der Waals surface area contributed by atoms with Crippen LogP contribution in [0.2, 0.25) is 0 Å². The van der Waals surface area contributed by atoms with Gasteiger partial charge in [-0.1, -0.05) is 12.8 Å². The lowest BCUT2D eigenvalue weighted by Gasteiger charge is -2.45. The fraction of sp³-hybridized carbons (Fsp3) is 0.600. The lowest BCUT2D eigenvalue weighted by molar-refractivity contribution is 0.244. The molecule has 3 rings (SSSR count). The van der Waals surface area contributed by atoms with Crippen LogP contribution in [0.15, 0.2) is 18.2 Å². The number of nitrogens with zero attached hydrogens (tertiary/aromatic N) is 1. The first-order valence-electron chi connectivity index (χ1n) is 7.07. The van der Waals surface area contributed by atoms with Crippen molar-refractivity contribution in [3.63, 3.8) is 0 Å². The molecule has 1 heterocycles. The molecule has 98 valence electrons. The summed E-state index contributed by atoms with van der Waals surface area (Å²) >= 11 is 2.33. The van der Waals surface area contributed by atoms with E-state index in [1.54, 1.807) is 0 Å². The van der Waals surface area contributed by atoms with Gasteiger partial charge in [0.2, 0.25) is 0 Å². The molecular formula is C15H21IN2. The molecule has 1 aromatic carbocycles. The highest BCUT2D eigenvalue weighted by molar-refractivity contribution is 14.1. The van der Waals surface area contributed by atoms with Crippen LogP contribution in [0.25, 0.3) is 0 Å². The van der Waals surface area contributed by atoms with Crippen LogP contribution in [0.3, 0.4) is 0 Å². The molecule has 2 unspecified atom stereocenters. The second-order valence-corrected chi connectivity index (χ2v) is 6.90. The Morgan fingerprint density at radius 3 is 2.72 bits per heavy atom. The van der Waals surface area contributed by atoms with E-state index in [4.69, 9.17) is 5.73 Å². The summed E-state index contributed by atoms with van der Waals surface area (Å²) < 4.78 is 1.23. The average Bonchev–Trinajstić information content (AvgIpc) is 2.38. The quantitative estimate of drug-likeness (QED) is 0.608. The van der Waals surface area contributed by atoms with Gasteiger partial charge in [0.15, 0.2) is 0 Å². The number of hydrogen-bond donors (Lipinski definition) is 1. The minimum Gasteiger partial charge on any atom is -0.397 e. The number of nitrogens with two attached hydrogens (primary N) is 1. The van der Waals surface area contributed by atoms with Gasteiger partial charge in [-0.05, 0) is 72.4 Å². The van der Waals surface area contributed by atoms with Crippen molar-refractivity contribution in [3.8, 4) is 0 Å². The predicted molar refractivity (Wildman–Crippen MR) is 85.9 cm³/mol. The van der Waals surface area contributed by atoms with Crippen LogP contribution in [0.1, 0.15) is 38.5 Å². The standard InChI is InChI=1S/C15H21IN2/c16-12-7-8-15(13(17)10-12)18-9-3-5-11-4-1-2-6-14(11)18/h7-8,10-11,14H,1-6,9,17H2. The summed E-state index contributed by atoms with van der Waals surface area (Å²) in [5, 5.41) is 0. The van der Waals surface area contributed by atoms with Gasteiger partial charge in [-0.2, -0.15) is 0 Å². The second kappa shape index (κ2) is 5.27. The number of anilines is 2. The van der Waals surface area contributed by atoms with Gasteiger partial charge >= 0.3 is 0 Å². The van der Waals surface area contributed by atoms with Crippen LogP contribution in [-0.2, 0) is 0 Å². The number of hydrogen-bond acceptors (Lipinski definition) is 2. The Kier molecular flexibility index (Phi) is 3.68. The third kappa shape index (κ3) is 2.33. The highest BCUT2D eigenvalue weighted by Crippen LogP contribution is 2.39. The van der Waals surface area contributed by atoms with Crippen molar-refractivity contribution in [2.24, 2.45) is 5.92 Å². The lowest BCUT2D eigenvalue weighted by atomic mass is 9.78. The minimum atomic E-state index is 0.745. The predicted octanol–water partition coefficient (Wildman–Crippen LogP) is 4.03. The van der Waals surface area contributed by atoms with Gasteiger partial charge < -0.3 is 10.6 Å². The number of fused-ring (bicyclic) bond motifs is 1. The number of rotatable bonds is 1. The molecule has 1 aliphatic carbocycles. The molecular weight excluding hydrogens is 335 g/mol. The second-order valence-electron chi connectivity index (χ2n) is 5.65. The van der Waals surface area contributed by atoms with E-state index in [2.05, 4.69) is 45.7 Å². The SMILES string of the molecule is Nc1cc(I)ccc1N1CCCC2CCCCC21. The first-order chi connectivity index (χ1) is 8.75. The van der Waals surface area contributed by atoms with E-state index in [0.29, 0.717) is 0 Å². The Morgan fingerprint density at radius 1 is 1.11 bits per heavy atom. The van der Waals surface area contributed by atoms with Gasteiger partial charge in [0, 0.05) is 16.2 Å². The van der Waals surface area contributed by atoms with Crippen LogP contribution in [0.4, 0.5) is 11.4 Å². The Morgan fingerprint density at radius 2 is 1.89 bits per heavy atom. The number of benzene rings is 1. The van der Waals surface area contributed by atoms with Crippen LogP contribution in [-0.4, -0.2) is 12.6 Å². The number of piperidine rings is 1. The van der Waals surface area contributed by atoms with E-state index in [0.717, 1.165) is 17.6 Å². The average molecular weight is 356 g/mol. The number of halogens is 1. The Balaban J connectivity index is 1.89. The van der Waals surface area contributed by atoms with Gasteiger partial charge in [-0.25, -0.2) is 0 Å². The number of nitrogen functional groups attached to an aromatic ring is 1. The molecule has 2 atom stereocenters. The molecule has 2 fully saturated rings. The van der Waals surface area contributed by atoms with E-state index in [-0.39, 0.29) is 0 Å². The summed E-state index contributed by atoms with van der Waals surface area (Å²) in [6.07, 6.45) is 8.35. The smallest absolute Gasteiger partial charge is 0.0603 e. The molecule has 1 saturated heterocycles. The molecule has 0 radical (unpaired) electrons. The monoisotopic (exact) mass is 356 g/mol. The third-order valence-corrected chi connectivity index (χ3v) is 5.21. The van der Waals surface area contributed by atoms with Crippen molar-refractivity contribution < 1.29 is 0 Å². The zero-order valence-corrected chi connectivity index (χ0v) is 12.9.